The van der Waals surface area contributed by atoms with Gasteiger partial charge in [-0.15, -0.1) is 0 Å². The molecule has 0 amide bonds. The number of hydrogen-bond donors (Lipinski definition) is 0. The van der Waals surface area contributed by atoms with Gasteiger partial charge in [0, 0.05) is 11.8 Å². The quantitative estimate of drug-likeness (QED) is 0.438. The molecule has 1 aromatic heterocycles. The largest absolute Gasteiger partial charge is 0.420 e. The number of ether oxygens (including phenoxy) is 1. The van der Waals surface area contributed by atoms with E-state index in [1.807, 2.05) is 6.07 Å². The van der Waals surface area contributed by atoms with Crippen molar-refractivity contribution < 1.29 is 13.9 Å². The molecule has 2 aromatic rings. The van der Waals surface area contributed by atoms with Crippen LogP contribution < -0.4 is 10.4 Å². The highest BCUT2D eigenvalue weighted by molar-refractivity contribution is 5.79. The number of hydrogen-bond acceptors (Lipinski definition) is 4. The molecule has 0 aliphatic heterocycles. The zero-order valence-electron chi connectivity index (χ0n) is 12.3. The Kier molecular flexibility index (Phi) is 5.55. The van der Waals surface area contributed by atoms with Crippen LogP contribution in [-0.2, 0) is 4.79 Å². The SMILES string of the molecule is CCCCCCCC(=O)Oc1cc2ccccc2oc1=O. The Hall–Kier alpha value is -2.10. The molecule has 4 heteroatoms. The molecule has 1 aromatic carbocycles. The van der Waals surface area contributed by atoms with Gasteiger partial charge in [0.2, 0.25) is 5.75 Å². The molecular formula is C17H20O4. The van der Waals surface area contributed by atoms with E-state index < -0.39 is 5.63 Å². The summed E-state index contributed by atoms with van der Waals surface area (Å²) >= 11 is 0. The third kappa shape index (κ3) is 4.45. The molecular weight excluding hydrogens is 268 g/mol. The smallest absolute Gasteiger partial charge is 0.379 e. The van der Waals surface area contributed by atoms with Crippen LogP contribution in [0.1, 0.15) is 45.4 Å². The zero-order valence-corrected chi connectivity index (χ0v) is 12.3. The van der Waals surface area contributed by atoms with Gasteiger partial charge in [-0.25, -0.2) is 4.79 Å². The fourth-order valence-electron chi connectivity index (χ4n) is 2.16. The molecule has 0 atom stereocenters. The first-order chi connectivity index (χ1) is 10.2. The number of esters is 1. The molecule has 2 rings (SSSR count). The van der Waals surface area contributed by atoms with E-state index in [0.717, 1.165) is 24.6 Å². The third-order valence-corrected chi connectivity index (χ3v) is 3.32. The minimum Gasteiger partial charge on any atom is -0.420 e. The number of unbranched alkanes of at least 4 members (excludes halogenated alkanes) is 4. The third-order valence-electron chi connectivity index (χ3n) is 3.32. The van der Waals surface area contributed by atoms with Gasteiger partial charge in [0.15, 0.2) is 0 Å². The van der Waals surface area contributed by atoms with Crippen LogP contribution in [0.15, 0.2) is 39.5 Å². The van der Waals surface area contributed by atoms with E-state index in [2.05, 4.69) is 6.92 Å². The molecule has 0 N–H and O–H groups in total. The van der Waals surface area contributed by atoms with Crippen LogP contribution in [-0.4, -0.2) is 5.97 Å². The predicted octanol–water partition coefficient (Wildman–Crippen LogP) is 4.06. The summed E-state index contributed by atoms with van der Waals surface area (Å²) in [6.45, 7) is 2.15. The second kappa shape index (κ2) is 7.62. The number of rotatable bonds is 7. The van der Waals surface area contributed by atoms with Gasteiger partial charge in [-0.3, -0.25) is 4.79 Å². The monoisotopic (exact) mass is 288 g/mol. The van der Waals surface area contributed by atoms with Crippen molar-refractivity contribution in [2.45, 2.75) is 45.4 Å². The fraction of sp³-hybridized carbons (Fsp3) is 0.412. The Balaban J connectivity index is 1.94. The number of fused-ring (bicyclic) bond motifs is 1. The maximum Gasteiger partial charge on any atom is 0.379 e. The molecule has 0 aliphatic carbocycles. The molecule has 112 valence electrons. The van der Waals surface area contributed by atoms with Crippen molar-refractivity contribution >= 4 is 16.9 Å². The Morgan fingerprint density at radius 1 is 1.14 bits per heavy atom. The van der Waals surface area contributed by atoms with Gasteiger partial charge in [-0.1, -0.05) is 50.8 Å². The van der Waals surface area contributed by atoms with Crippen LogP contribution in [0.3, 0.4) is 0 Å². The number of carbonyl (C=O) groups is 1. The average molecular weight is 288 g/mol. The summed E-state index contributed by atoms with van der Waals surface area (Å²) in [5.74, 6) is -0.415. The first-order valence-corrected chi connectivity index (χ1v) is 7.44. The van der Waals surface area contributed by atoms with Gasteiger partial charge < -0.3 is 9.15 Å². The summed E-state index contributed by atoms with van der Waals surface area (Å²) in [5, 5.41) is 0.739. The van der Waals surface area contributed by atoms with Crippen molar-refractivity contribution in [2.75, 3.05) is 0 Å². The summed E-state index contributed by atoms with van der Waals surface area (Å²) < 4.78 is 10.2. The van der Waals surface area contributed by atoms with E-state index in [1.165, 1.54) is 12.8 Å². The molecule has 0 saturated heterocycles. The lowest BCUT2D eigenvalue weighted by molar-refractivity contribution is -0.134. The molecule has 4 nitrogen and oxygen atoms in total. The van der Waals surface area contributed by atoms with E-state index in [9.17, 15) is 9.59 Å². The van der Waals surface area contributed by atoms with Crippen LogP contribution in [0.25, 0.3) is 11.0 Å². The number of para-hydroxylation sites is 1. The second-order valence-electron chi connectivity index (χ2n) is 5.07. The van der Waals surface area contributed by atoms with Gasteiger partial charge in [0.05, 0.1) is 0 Å². The first-order valence-electron chi connectivity index (χ1n) is 7.44. The number of carbonyl (C=O) groups excluding carboxylic acids is 1. The molecule has 0 spiro atoms. The average Bonchev–Trinajstić information content (AvgIpc) is 2.48. The maximum atomic E-state index is 11.7. The normalized spacial score (nSPS) is 10.7. The summed E-state index contributed by atoms with van der Waals surface area (Å²) in [6, 6.07) is 8.68. The summed E-state index contributed by atoms with van der Waals surface area (Å²) in [4.78, 5) is 23.5. The van der Waals surface area contributed by atoms with Crippen LogP contribution in [0.2, 0.25) is 0 Å². The van der Waals surface area contributed by atoms with Gasteiger partial charge in [-0.2, -0.15) is 0 Å². The van der Waals surface area contributed by atoms with Crippen molar-refractivity contribution in [1.29, 1.82) is 0 Å². The molecule has 0 unspecified atom stereocenters. The van der Waals surface area contributed by atoms with E-state index in [1.54, 1.807) is 24.3 Å². The second-order valence-corrected chi connectivity index (χ2v) is 5.07. The number of benzene rings is 1. The van der Waals surface area contributed by atoms with Crippen molar-refractivity contribution in [1.82, 2.24) is 0 Å². The van der Waals surface area contributed by atoms with Crippen molar-refractivity contribution in [3.05, 3.63) is 40.8 Å². The highest BCUT2D eigenvalue weighted by Crippen LogP contribution is 2.17. The highest BCUT2D eigenvalue weighted by atomic mass is 16.5. The van der Waals surface area contributed by atoms with Gasteiger partial charge in [0.1, 0.15) is 5.58 Å². The first kappa shape index (κ1) is 15.3. The van der Waals surface area contributed by atoms with Crippen LogP contribution in [0.4, 0.5) is 0 Å². The Morgan fingerprint density at radius 3 is 2.71 bits per heavy atom. The van der Waals surface area contributed by atoms with Gasteiger partial charge in [-0.05, 0) is 18.6 Å². The summed E-state index contributed by atoms with van der Waals surface area (Å²) in [6.07, 6.45) is 5.61. The Bertz CT molecular complexity index is 657. The van der Waals surface area contributed by atoms with E-state index in [-0.39, 0.29) is 11.7 Å². The highest BCUT2D eigenvalue weighted by Gasteiger charge is 2.11. The van der Waals surface area contributed by atoms with E-state index in [0.29, 0.717) is 12.0 Å². The van der Waals surface area contributed by atoms with E-state index >= 15 is 0 Å². The van der Waals surface area contributed by atoms with Gasteiger partial charge >= 0.3 is 11.6 Å². The predicted molar refractivity (Wildman–Crippen MR) is 81.5 cm³/mol. The zero-order chi connectivity index (χ0) is 15.1. The molecule has 21 heavy (non-hydrogen) atoms. The lowest BCUT2D eigenvalue weighted by Crippen LogP contribution is -2.13. The van der Waals surface area contributed by atoms with Crippen molar-refractivity contribution in [2.24, 2.45) is 0 Å². The molecule has 1 heterocycles. The summed E-state index contributed by atoms with van der Waals surface area (Å²) in [7, 11) is 0. The Morgan fingerprint density at radius 2 is 1.90 bits per heavy atom. The fourth-order valence-corrected chi connectivity index (χ4v) is 2.16. The standard InChI is InChI=1S/C17H20O4/c1-2-3-4-5-6-11-16(18)20-15-12-13-9-7-8-10-14(13)21-17(15)19/h7-10,12H,2-6,11H2,1H3. The molecule has 0 aliphatic rings. The Labute approximate surface area is 123 Å². The van der Waals surface area contributed by atoms with Crippen LogP contribution in [0.5, 0.6) is 5.75 Å². The molecule has 0 fully saturated rings. The lowest BCUT2D eigenvalue weighted by Gasteiger charge is -2.04. The van der Waals surface area contributed by atoms with Crippen molar-refractivity contribution in [3.63, 3.8) is 0 Å². The minimum atomic E-state index is -0.618. The van der Waals surface area contributed by atoms with Crippen LogP contribution >= 0.6 is 0 Å². The van der Waals surface area contributed by atoms with E-state index in [4.69, 9.17) is 9.15 Å². The molecule has 0 bridgehead atoms. The van der Waals surface area contributed by atoms with Gasteiger partial charge in [0.25, 0.3) is 0 Å². The lowest BCUT2D eigenvalue weighted by atomic mass is 10.1. The topological polar surface area (TPSA) is 56.5 Å². The van der Waals surface area contributed by atoms with Crippen LogP contribution in [0, 0.1) is 0 Å². The molecule has 0 saturated carbocycles. The molecule has 0 radical (unpaired) electrons. The minimum absolute atomic E-state index is 0.0349. The summed E-state index contributed by atoms with van der Waals surface area (Å²) in [5.41, 5.74) is -0.130. The maximum absolute atomic E-state index is 11.7. The van der Waals surface area contributed by atoms with Crippen molar-refractivity contribution in [3.8, 4) is 5.75 Å².